The molecule has 128 valence electrons. The number of methoxy groups -OCH3 is 1. The zero-order valence-electron chi connectivity index (χ0n) is 14.2. The van der Waals surface area contributed by atoms with E-state index in [1.165, 1.54) is 13.3 Å². The Kier molecular flexibility index (Phi) is 6.04. The van der Waals surface area contributed by atoms with Crippen LogP contribution >= 0.6 is 11.6 Å². The molecule has 2 aromatic rings. The molecule has 2 aromatic carbocycles. The van der Waals surface area contributed by atoms with E-state index in [0.29, 0.717) is 16.5 Å². The van der Waals surface area contributed by atoms with E-state index >= 15 is 0 Å². The number of ether oxygens (including phenoxy) is 1. The first-order chi connectivity index (χ1) is 12.0. The second-order valence-electron chi connectivity index (χ2n) is 5.36. The summed E-state index contributed by atoms with van der Waals surface area (Å²) in [6, 6.07) is 12.5. The summed E-state index contributed by atoms with van der Waals surface area (Å²) in [5, 5.41) is 15.4. The van der Waals surface area contributed by atoms with Crippen molar-refractivity contribution in [2.45, 2.75) is 13.8 Å². The van der Waals surface area contributed by atoms with Crippen LogP contribution in [-0.4, -0.2) is 13.0 Å². The third-order valence-corrected chi connectivity index (χ3v) is 3.99. The summed E-state index contributed by atoms with van der Waals surface area (Å²) < 4.78 is 5.18. The monoisotopic (exact) mass is 355 g/mol. The Morgan fingerprint density at radius 1 is 1.24 bits per heavy atom. The zero-order chi connectivity index (χ0) is 18.4. The molecule has 0 saturated carbocycles. The van der Waals surface area contributed by atoms with E-state index in [2.05, 4.69) is 10.6 Å². The number of amides is 1. The van der Waals surface area contributed by atoms with E-state index in [0.717, 1.165) is 16.8 Å². The summed E-state index contributed by atoms with van der Waals surface area (Å²) in [5.41, 5.74) is 3.33. The van der Waals surface area contributed by atoms with Crippen LogP contribution in [0.3, 0.4) is 0 Å². The van der Waals surface area contributed by atoms with Crippen molar-refractivity contribution in [1.29, 1.82) is 5.26 Å². The van der Waals surface area contributed by atoms with E-state index in [-0.39, 0.29) is 5.57 Å². The van der Waals surface area contributed by atoms with Crippen LogP contribution in [0, 0.1) is 25.2 Å². The molecular weight excluding hydrogens is 338 g/mol. The molecule has 0 atom stereocenters. The third-order valence-electron chi connectivity index (χ3n) is 3.75. The van der Waals surface area contributed by atoms with Crippen molar-refractivity contribution in [3.8, 4) is 11.8 Å². The van der Waals surface area contributed by atoms with Crippen LogP contribution in [0.5, 0.6) is 5.75 Å². The molecule has 0 fully saturated rings. The van der Waals surface area contributed by atoms with Crippen LogP contribution in [0.1, 0.15) is 11.1 Å². The highest BCUT2D eigenvalue weighted by atomic mass is 35.5. The van der Waals surface area contributed by atoms with Gasteiger partial charge in [0.05, 0.1) is 12.8 Å². The van der Waals surface area contributed by atoms with Crippen LogP contribution in [0.2, 0.25) is 5.02 Å². The third kappa shape index (κ3) is 4.52. The molecule has 0 saturated heterocycles. The molecule has 0 heterocycles. The first-order valence-electron chi connectivity index (χ1n) is 7.54. The molecule has 6 heteroatoms. The number of hydrogen-bond acceptors (Lipinski definition) is 4. The van der Waals surface area contributed by atoms with Crippen molar-refractivity contribution in [2.75, 3.05) is 17.7 Å². The summed E-state index contributed by atoms with van der Waals surface area (Å²) in [6.45, 7) is 3.96. The smallest absolute Gasteiger partial charge is 0.267 e. The second kappa shape index (κ2) is 8.22. The fraction of sp³-hybridized carbons (Fsp3) is 0.158. The molecule has 0 aliphatic carbocycles. The lowest BCUT2D eigenvalue weighted by Crippen LogP contribution is -2.15. The molecule has 0 spiro atoms. The van der Waals surface area contributed by atoms with Gasteiger partial charge in [0, 0.05) is 16.9 Å². The van der Waals surface area contributed by atoms with Gasteiger partial charge in [0.15, 0.2) is 0 Å². The Morgan fingerprint density at radius 2 is 2.00 bits per heavy atom. The average molecular weight is 356 g/mol. The van der Waals surface area contributed by atoms with Crippen molar-refractivity contribution in [3.05, 3.63) is 64.3 Å². The number of nitrogens with zero attached hydrogens (tertiary/aromatic N) is 1. The molecule has 0 aliphatic rings. The first kappa shape index (κ1) is 18.4. The molecule has 25 heavy (non-hydrogen) atoms. The SMILES string of the molecule is COc1ccc(Cl)cc1NC(=O)/C(C#N)=C\Nc1cccc(C)c1C. The van der Waals surface area contributed by atoms with Gasteiger partial charge in [-0.2, -0.15) is 5.26 Å². The van der Waals surface area contributed by atoms with Crippen LogP contribution in [0.4, 0.5) is 11.4 Å². The van der Waals surface area contributed by atoms with Gasteiger partial charge in [0.2, 0.25) is 0 Å². The molecule has 2 rings (SSSR count). The minimum Gasteiger partial charge on any atom is -0.495 e. The predicted octanol–water partition coefficient (Wildman–Crippen LogP) is 4.42. The van der Waals surface area contributed by atoms with E-state index in [4.69, 9.17) is 16.3 Å². The number of nitriles is 1. The topological polar surface area (TPSA) is 74.1 Å². The second-order valence-corrected chi connectivity index (χ2v) is 5.80. The number of rotatable bonds is 5. The molecule has 0 aliphatic heterocycles. The molecule has 5 nitrogen and oxygen atoms in total. The highest BCUT2D eigenvalue weighted by Gasteiger charge is 2.13. The summed E-state index contributed by atoms with van der Waals surface area (Å²) in [5.74, 6) is -0.0987. The minimum absolute atomic E-state index is 0.0667. The van der Waals surface area contributed by atoms with Gasteiger partial charge in [0.1, 0.15) is 17.4 Å². The van der Waals surface area contributed by atoms with E-state index in [1.54, 1.807) is 18.2 Å². The van der Waals surface area contributed by atoms with E-state index in [1.807, 2.05) is 38.1 Å². The maximum Gasteiger partial charge on any atom is 0.267 e. The Morgan fingerprint density at radius 3 is 2.68 bits per heavy atom. The number of carbonyl (C=O) groups is 1. The van der Waals surface area contributed by atoms with Gasteiger partial charge in [-0.15, -0.1) is 0 Å². The highest BCUT2D eigenvalue weighted by Crippen LogP contribution is 2.28. The van der Waals surface area contributed by atoms with Crippen LogP contribution in [-0.2, 0) is 4.79 Å². The lowest BCUT2D eigenvalue weighted by molar-refractivity contribution is -0.112. The van der Waals surface area contributed by atoms with Crippen molar-refractivity contribution in [1.82, 2.24) is 0 Å². The molecule has 1 amide bonds. The lowest BCUT2D eigenvalue weighted by atomic mass is 10.1. The van der Waals surface area contributed by atoms with Gasteiger partial charge in [-0.05, 0) is 49.2 Å². The van der Waals surface area contributed by atoms with E-state index in [9.17, 15) is 10.1 Å². The maximum atomic E-state index is 12.4. The van der Waals surface area contributed by atoms with Gasteiger partial charge in [-0.1, -0.05) is 23.7 Å². The summed E-state index contributed by atoms with van der Waals surface area (Å²) >= 11 is 5.95. The lowest BCUT2D eigenvalue weighted by Gasteiger charge is -2.11. The number of hydrogen-bond donors (Lipinski definition) is 2. The van der Waals surface area contributed by atoms with Crippen molar-refractivity contribution in [3.63, 3.8) is 0 Å². The Balaban J connectivity index is 2.20. The largest absolute Gasteiger partial charge is 0.495 e. The van der Waals surface area contributed by atoms with Crippen molar-refractivity contribution < 1.29 is 9.53 Å². The maximum absolute atomic E-state index is 12.4. The van der Waals surface area contributed by atoms with Gasteiger partial charge < -0.3 is 15.4 Å². The Labute approximate surface area is 151 Å². The van der Waals surface area contributed by atoms with Crippen molar-refractivity contribution in [2.24, 2.45) is 0 Å². The molecule has 0 bridgehead atoms. The number of benzene rings is 2. The highest BCUT2D eigenvalue weighted by molar-refractivity contribution is 6.31. The average Bonchev–Trinajstić information content (AvgIpc) is 2.59. The minimum atomic E-state index is -0.555. The summed E-state index contributed by atoms with van der Waals surface area (Å²) in [6.07, 6.45) is 1.38. The quantitative estimate of drug-likeness (QED) is 0.615. The van der Waals surface area contributed by atoms with Crippen LogP contribution in [0.15, 0.2) is 48.2 Å². The number of aryl methyl sites for hydroxylation is 1. The Hall–Kier alpha value is -2.97. The standard InChI is InChI=1S/C19H18ClN3O2/c1-12-5-4-6-16(13(12)2)22-11-14(10-21)19(24)23-17-9-15(20)7-8-18(17)25-3/h4-9,11,22H,1-3H3,(H,23,24)/b14-11-. The number of halogens is 1. The van der Waals surface area contributed by atoms with Gasteiger partial charge >= 0.3 is 0 Å². The zero-order valence-corrected chi connectivity index (χ0v) is 14.9. The van der Waals surface area contributed by atoms with Gasteiger partial charge in [-0.3, -0.25) is 4.79 Å². The fourth-order valence-electron chi connectivity index (χ4n) is 2.17. The Bertz CT molecular complexity index is 869. The molecular formula is C19H18ClN3O2. The molecule has 0 aromatic heterocycles. The van der Waals surface area contributed by atoms with Crippen LogP contribution < -0.4 is 15.4 Å². The molecule has 0 radical (unpaired) electrons. The van der Waals surface area contributed by atoms with Gasteiger partial charge in [0.25, 0.3) is 5.91 Å². The molecule has 0 unspecified atom stereocenters. The number of nitrogens with one attached hydrogen (secondary N) is 2. The first-order valence-corrected chi connectivity index (χ1v) is 7.92. The number of carbonyl (C=O) groups excluding carboxylic acids is 1. The predicted molar refractivity (Wildman–Crippen MR) is 99.9 cm³/mol. The number of anilines is 2. The van der Waals surface area contributed by atoms with Crippen molar-refractivity contribution >= 4 is 28.9 Å². The normalized spacial score (nSPS) is 10.8. The molecule has 2 N–H and O–H groups in total. The van der Waals surface area contributed by atoms with E-state index < -0.39 is 5.91 Å². The van der Waals surface area contributed by atoms with Gasteiger partial charge in [-0.25, -0.2) is 0 Å². The summed E-state index contributed by atoms with van der Waals surface area (Å²) in [4.78, 5) is 12.4. The van der Waals surface area contributed by atoms with Crippen LogP contribution in [0.25, 0.3) is 0 Å². The fourth-order valence-corrected chi connectivity index (χ4v) is 2.35. The summed E-state index contributed by atoms with van der Waals surface area (Å²) in [7, 11) is 1.49.